The molecule has 0 aliphatic carbocycles. The van der Waals surface area contributed by atoms with Gasteiger partial charge >= 0.3 is 12.3 Å². The zero-order chi connectivity index (χ0) is 33.4. The number of carbonyl (C=O) groups is 2. The lowest BCUT2D eigenvalue weighted by Crippen LogP contribution is -2.49. The van der Waals surface area contributed by atoms with Crippen molar-refractivity contribution >= 4 is 17.7 Å². The molecule has 0 bridgehead atoms. The molecule has 4 rings (SSSR count). The van der Waals surface area contributed by atoms with Crippen molar-refractivity contribution in [2.45, 2.75) is 43.1 Å². The minimum Gasteiger partial charge on any atom is -0.448 e. The fourth-order valence-corrected chi connectivity index (χ4v) is 4.89. The number of ether oxygens (including phenoxy) is 2. The minimum atomic E-state index is -4.57. The van der Waals surface area contributed by atoms with Gasteiger partial charge in [-0.15, -0.1) is 0 Å². The number of morpholine rings is 1. The summed E-state index contributed by atoms with van der Waals surface area (Å²) in [6.45, 7) is -1.46. The quantitative estimate of drug-likeness (QED) is 0.227. The van der Waals surface area contributed by atoms with Crippen LogP contribution in [0, 0.1) is 23.3 Å². The second kappa shape index (κ2) is 15.3. The first-order valence-electron chi connectivity index (χ1n) is 14.0. The van der Waals surface area contributed by atoms with E-state index < -0.39 is 72.1 Å². The average molecular weight is 658 g/mol. The smallest absolute Gasteiger partial charge is 0.407 e. The third-order valence-corrected chi connectivity index (χ3v) is 7.13. The van der Waals surface area contributed by atoms with E-state index in [1.807, 2.05) is 0 Å². The fraction of sp³-hybridized carbons (Fsp3) is 0.367. The summed E-state index contributed by atoms with van der Waals surface area (Å²) in [7, 11) is 0. The van der Waals surface area contributed by atoms with Crippen molar-refractivity contribution in [2.75, 3.05) is 31.6 Å². The number of nitrogens with two attached hydrogens (primary N) is 1. The largest absolute Gasteiger partial charge is 0.448 e. The summed E-state index contributed by atoms with van der Waals surface area (Å²) in [4.78, 5) is 28.6. The Kier molecular flexibility index (Phi) is 11.5. The molecule has 0 spiro atoms. The van der Waals surface area contributed by atoms with Crippen LogP contribution in [0.25, 0.3) is 0 Å². The molecule has 2 aromatic carbocycles. The predicted octanol–water partition coefficient (Wildman–Crippen LogP) is 4.31. The highest BCUT2D eigenvalue weighted by Crippen LogP contribution is 2.30. The second-order valence-corrected chi connectivity index (χ2v) is 10.6. The SMILES string of the molecule is N[C@H](C(=O)Nc1cncc(F)c1CC[C@@H]1CN[C@H](COC(=O)NCC(F)(F)F)CO1)C(c1ccc(F)cc1)c1cc(F)cc(F)c1. The summed E-state index contributed by atoms with van der Waals surface area (Å²) in [5.41, 5.74) is 6.72. The highest BCUT2D eigenvalue weighted by atomic mass is 19.4. The monoisotopic (exact) mass is 657 g/mol. The first-order chi connectivity index (χ1) is 21.8. The maximum absolute atomic E-state index is 14.9. The molecule has 46 heavy (non-hydrogen) atoms. The molecule has 3 aromatic rings. The molecule has 0 radical (unpaired) electrons. The molecule has 5 N–H and O–H groups in total. The van der Waals surface area contributed by atoms with Crippen LogP contribution in [0.1, 0.15) is 29.0 Å². The summed E-state index contributed by atoms with van der Waals surface area (Å²) < 4.78 is 104. The van der Waals surface area contributed by atoms with Crippen molar-refractivity contribution < 1.29 is 49.8 Å². The molecular formula is C30H30F7N5O4. The Morgan fingerprint density at radius 3 is 2.35 bits per heavy atom. The number of nitrogens with one attached hydrogen (secondary N) is 3. The molecule has 9 nitrogen and oxygen atoms in total. The Hall–Kier alpha value is -4.28. The summed E-state index contributed by atoms with van der Waals surface area (Å²) in [5, 5.41) is 7.18. The van der Waals surface area contributed by atoms with Crippen molar-refractivity contribution in [1.29, 1.82) is 0 Å². The number of amides is 2. The normalized spacial score (nSPS) is 18.0. The zero-order valence-electron chi connectivity index (χ0n) is 24.1. The summed E-state index contributed by atoms with van der Waals surface area (Å²) in [6, 6.07) is 5.64. The van der Waals surface area contributed by atoms with Crippen LogP contribution in [-0.4, -0.2) is 67.7 Å². The summed E-state index contributed by atoms with van der Waals surface area (Å²) >= 11 is 0. The van der Waals surface area contributed by atoms with Gasteiger partial charge in [0.15, 0.2) is 0 Å². The van der Waals surface area contributed by atoms with Crippen LogP contribution in [0.5, 0.6) is 0 Å². The van der Waals surface area contributed by atoms with Crippen molar-refractivity contribution in [3.8, 4) is 0 Å². The molecule has 1 saturated heterocycles. The van der Waals surface area contributed by atoms with E-state index in [1.165, 1.54) is 18.3 Å². The first-order valence-corrected chi connectivity index (χ1v) is 14.0. The molecule has 2 amide bonds. The Balaban J connectivity index is 1.37. The van der Waals surface area contributed by atoms with Gasteiger partial charge < -0.3 is 31.2 Å². The molecule has 0 saturated carbocycles. The molecule has 1 fully saturated rings. The van der Waals surface area contributed by atoms with Crippen LogP contribution in [0.15, 0.2) is 54.9 Å². The van der Waals surface area contributed by atoms with Gasteiger partial charge in [0.1, 0.15) is 36.4 Å². The highest BCUT2D eigenvalue weighted by Gasteiger charge is 2.31. The van der Waals surface area contributed by atoms with Crippen molar-refractivity contribution in [3.63, 3.8) is 0 Å². The number of halogens is 7. The lowest BCUT2D eigenvalue weighted by Gasteiger charge is -2.30. The number of hydrogen-bond acceptors (Lipinski definition) is 7. The number of carbonyl (C=O) groups excluding carboxylic acids is 2. The van der Waals surface area contributed by atoms with Gasteiger partial charge in [-0.2, -0.15) is 13.2 Å². The minimum absolute atomic E-state index is 0.00337. The van der Waals surface area contributed by atoms with Gasteiger partial charge in [-0.1, -0.05) is 12.1 Å². The second-order valence-electron chi connectivity index (χ2n) is 10.6. The van der Waals surface area contributed by atoms with Gasteiger partial charge in [0.25, 0.3) is 0 Å². The van der Waals surface area contributed by atoms with Crippen LogP contribution < -0.4 is 21.7 Å². The van der Waals surface area contributed by atoms with E-state index in [4.69, 9.17) is 15.2 Å². The summed E-state index contributed by atoms with van der Waals surface area (Å²) in [6.07, 6.45) is -3.72. The zero-order valence-corrected chi connectivity index (χ0v) is 24.1. The van der Waals surface area contributed by atoms with E-state index in [-0.39, 0.29) is 49.4 Å². The Bertz CT molecular complexity index is 1480. The van der Waals surface area contributed by atoms with Crippen LogP contribution in [0.2, 0.25) is 0 Å². The highest BCUT2D eigenvalue weighted by molar-refractivity contribution is 5.96. The van der Waals surface area contributed by atoms with E-state index in [0.717, 1.165) is 30.5 Å². The van der Waals surface area contributed by atoms with E-state index in [2.05, 4.69) is 15.6 Å². The lowest BCUT2D eigenvalue weighted by atomic mass is 9.84. The molecule has 1 aliphatic heterocycles. The van der Waals surface area contributed by atoms with Gasteiger partial charge in [-0.3, -0.25) is 9.78 Å². The molecule has 248 valence electrons. The maximum atomic E-state index is 14.9. The standard InChI is InChI=1S/C30H30F7N5O4/c31-18-3-1-16(2-4-18)26(17-7-19(32)9-20(33)8-17)27(38)28(43)42-25-12-39-11-24(34)23(25)6-5-22-10-40-21(13-45-22)14-46-29(44)41-15-30(35,36)37/h1-4,7-9,11-12,21-22,26-27,40H,5-6,10,13-15,38H2,(H,41,44)(H,42,43)/t21-,22+,26?,27-/m0/s1. The molecule has 1 aliphatic rings. The number of anilines is 1. The number of benzene rings is 2. The van der Waals surface area contributed by atoms with Crippen molar-refractivity contribution in [2.24, 2.45) is 5.73 Å². The molecule has 2 heterocycles. The fourth-order valence-electron chi connectivity index (χ4n) is 4.89. The van der Waals surface area contributed by atoms with E-state index in [0.29, 0.717) is 11.6 Å². The van der Waals surface area contributed by atoms with E-state index in [9.17, 15) is 40.3 Å². The van der Waals surface area contributed by atoms with Crippen LogP contribution in [-0.2, 0) is 20.7 Å². The van der Waals surface area contributed by atoms with Crippen LogP contribution in [0.3, 0.4) is 0 Å². The average Bonchev–Trinajstić information content (AvgIpc) is 2.99. The van der Waals surface area contributed by atoms with E-state index in [1.54, 1.807) is 5.32 Å². The number of alkyl halides is 3. The lowest BCUT2D eigenvalue weighted by molar-refractivity contribution is -0.124. The van der Waals surface area contributed by atoms with Gasteiger partial charge in [0.2, 0.25) is 5.91 Å². The Labute approximate surface area is 258 Å². The number of hydrogen-bond donors (Lipinski definition) is 4. The number of pyridine rings is 1. The molecular weight excluding hydrogens is 627 g/mol. The maximum Gasteiger partial charge on any atom is 0.407 e. The Morgan fingerprint density at radius 2 is 1.72 bits per heavy atom. The predicted molar refractivity (Wildman–Crippen MR) is 151 cm³/mol. The molecule has 4 atom stereocenters. The third-order valence-electron chi connectivity index (χ3n) is 7.13. The van der Waals surface area contributed by atoms with Gasteiger partial charge in [0, 0.05) is 24.1 Å². The molecule has 16 heteroatoms. The molecule has 1 unspecified atom stereocenters. The number of alkyl carbamates (subject to hydrolysis) is 1. The number of nitrogens with zero attached hydrogens (tertiary/aromatic N) is 1. The van der Waals surface area contributed by atoms with E-state index >= 15 is 0 Å². The van der Waals surface area contributed by atoms with Gasteiger partial charge in [0.05, 0.1) is 42.9 Å². The number of rotatable bonds is 11. The number of aromatic nitrogens is 1. The first kappa shape index (κ1) is 34.6. The summed E-state index contributed by atoms with van der Waals surface area (Å²) in [5.74, 6) is -5.05. The topological polar surface area (TPSA) is 128 Å². The van der Waals surface area contributed by atoms with Gasteiger partial charge in [-0.25, -0.2) is 22.4 Å². The molecule has 1 aromatic heterocycles. The van der Waals surface area contributed by atoms with Crippen LogP contribution in [0.4, 0.5) is 41.2 Å². The van der Waals surface area contributed by atoms with Gasteiger partial charge in [-0.05, 0) is 48.2 Å². The van der Waals surface area contributed by atoms with Crippen molar-refractivity contribution in [1.82, 2.24) is 15.6 Å². The Morgan fingerprint density at radius 1 is 1.02 bits per heavy atom. The van der Waals surface area contributed by atoms with Crippen LogP contribution >= 0.6 is 0 Å². The third kappa shape index (κ3) is 9.86. The van der Waals surface area contributed by atoms with Crippen molar-refractivity contribution in [3.05, 3.63) is 94.8 Å².